The molecule has 1 fully saturated rings. The lowest BCUT2D eigenvalue weighted by Gasteiger charge is -2.38. The van der Waals surface area contributed by atoms with E-state index < -0.39 is 0 Å². The van der Waals surface area contributed by atoms with E-state index in [9.17, 15) is 9.59 Å². The number of likely N-dealkylation sites (tertiary alicyclic amines) is 1. The van der Waals surface area contributed by atoms with Crippen LogP contribution in [0.1, 0.15) is 70.7 Å². The Balaban J connectivity index is 1.91. The van der Waals surface area contributed by atoms with Gasteiger partial charge in [0, 0.05) is 23.2 Å². The van der Waals surface area contributed by atoms with Crippen molar-refractivity contribution < 1.29 is 14.3 Å². The minimum Gasteiger partial charge on any atom is -0.484 e. The Bertz CT molecular complexity index is 615. The van der Waals surface area contributed by atoms with E-state index in [4.69, 9.17) is 4.74 Å². The standard InChI is InChI=1S/C21H32N2O3/c1-6-21(4,5)22-20(25)17-10-12-18(13-11-17)26-14-19(24)23-15(2)8-7-9-16(23)3/h10-13,15-16H,6-9,14H2,1-5H3,(H,22,25). The number of ether oxygens (including phenoxy) is 1. The zero-order valence-electron chi connectivity index (χ0n) is 16.7. The van der Waals surface area contributed by atoms with E-state index in [1.807, 2.05) is 25.7 Å². The van der Waals surface area contributed by atoms with Crippen LogP contribution in [0.4, 0.5) is 0 Å². The highest BCUT2D eigenvalue weighted by Crippen LogP contribution is 2.23. The molecule has 1 aliphatic heterocycles. The highest BCUT2D eigenvalue weighted by atomic mass is 16.5. The van der Waals surface area contributed by atoms with Gasteiger partial charge in [-0.25, -0.2) is 0 Å². The fourth-order valence-electron chi connectivity index (χ4n) is 3.30. The Morgan fingerprint density at radius 2 is 1.73 bits per heavy atom. The zero-order valence-corrected chi connectivity index (χ0v) is 16.7. The molecule has 2 atom stereocenters. The summed E-state index contributed by atoms with van der Waals surface area (Å²) in [6, 6.07) is 7.47. The van der Waals surface area contributed by atoms with E-state index in [1.54, 1.807) is 24.3 Å². The third-order valence-corrected chi connectivity index (χ3v) is 5.30. The van der Waals surface area contributed by atoms with Crippen LogP contribution in [0.2, 0.25) is 0 Å². The molecule has 26 heavy (non-hydrogen) atoms. The van der Waals surface area contributed by atoms with Crippen molar-refractivity contribution in [3.05, 3.63) is 29.8 Å². The van der Waals surface area contributed by atoms with Crippen molar-refractivity contribution >= 4 is 11.8 Å². The van der Waals surface area contributed by atoms with Gasteiger partial charge in [-0.15, -0.1) is 0 Å². The van der Waals surface area contributed by atoms with E-state index in [0.29, 0.717) is 11.3 Å². The van der Waals surface area contributed by atoms with Crippen LogP contribution in [0.3, 0.4) is 0 Å². The highest BCUT2D eigenvalue weighted by molar-refractivity contribution is 5.94. The monoisotopic (exact) mass is 360 g/mol. The lowest BCUT2D eigenvalue weighted by atomic mass is 9.97. The van der Waals surface area contributed by atoms with Gasteiger partial charge in [-0.2, -0.15) is 0 Å². The summed E-state index contributed by atoms with van der Waals surface area (Å²) < 4.78 is 5.65. The van der Waals surface area contributed by atoms with Crippen LogP contribution >= 0.6 is 0 Å². The molecule has 0 aliphatic carbocycles. The quantitative estimate of drug-likeness (QED) is 0.840. The van der Waals surface area contributed by atoms with Crippen LogP contribution in [0.5, 0.6) is 5.75 Å². The summed E-state index contributed by atoms with van der Waals surface area (Å²) in [7, 11) is 0. The first-order valence-corrected chi connectivity index (χ1v) is 9.60. The Hall–Kier alpha value is -2.04. The van der Waals surface area contributed by atoms with Crippen molar-refractivity contribution in [3.63, 3.8) is 0 Å². The van der Waals surface area contributed by atoms with Crippen LogP contribution in [0.15, 0.2) is 24.3 Å². The minimum atomic E-state index is -0.236. The number of carbonyl (C=O) groups is 2. The molecular formula is C21H32N2O3. The maximum atomic E-state index is 12.5. The second-order valence-corrected chi connectivity index (χ2v) is 7.93. The average Bonchev–Trinajstić information content (AvgIpc) is 2.60. The van der Waals surface area contributed by atoms with Gasteiger partial charge in [-0.3, -0.25) is 9.59 Å². The van der Waals surface area contributed by atoms with Gasteiger partial charge in [0.2, 0.25) is 0 Å². The molecule has 2 rings (SSSR count). The van der Waals surface area contributed by atoms with E-state index in [1.165, 1.54) is 6.42 Å². The average molecular weight is 360 g/mol. The van der Waals surface area contributed by atoms with Gasteiger partial charge in [-0.05, 0) is 77.6 Å². The molecule has 0 aromatic heterocycles. The first kappa shape index (κ1) is 20.3. The SMILES string of the molecule is CCC(C)(C)NC(=O)c1ccc(OCC(=O)N2C(C)CCCC2C)cc1. The van der Waals surface area contributed by atoms with Gasteiger partial charge in [0.1, 0.15) is 5.75 Å². The maximum Gasteiger partial charge on any atom is 0.260 e. The molecule has 1 N–H and O–H groups in total. The van der Waals surface area contributed by atoms with Crippen LogP contribution < -0.4 is 10.1 Å². The number of carbonyl (C=O) groups excluding carboxylic acids is 2. The number of nitrogens with zero attached hydrogens (tertiary/aromatic N) is 1. The van der Waals surface area contributed by atoms with E-state index in [0.717, 1.165) is 19.3 Å². The minimum absolute atomic E-state index is 0.0243. The molecule has 0 radical (unpaired) electrons. The second kappa shape index (κ2) is 8.56. The summed E-state index contributed by atoms with van der Waals surface area (Å²) in [6.07, 6.45) is 4.13. The molecule has 5 nitrogen and oxygen atoms in total. The van der Waals surface area contributed by atoms with Crippen molar-refractivity contribution in [2.45, 2.75) is 77.9 Å². The largest absolute Gasteiger partial charge is 0.484 e. The summed E-state index contributed by atoms with van der Waals surface area (Å²) in [5.74, 6) is 0.522. The first-order valence-electron chi connectivity index (χ1n) is 9.60. The predicted octanol–water partition coefficient (Wildman–Crippen LogP) is 3.77. The highest BCUT2D eigenvalue weighted by Gasteiger charge is 2.29. The predicted molar refractivity (Wildman–Crippen MR) is 103 cm³/mol. The van der Waals surface area contributed by atoms with Crippen molar-refractivity contribution in [1.29, 1.82) is 0 Å². The smallest absolute Gasteiger partial charge is 0.260 e. The Labute approximate surface area is 157 Å². The summed E-state index contributed by atoms with van der Waals surface area (Å²) in [5, 5.41) is 3.00. The van der Waals surface area contributed by atoms with Crippen LogP contribution in [0.25, 0.3) is 0 Å². The van der Waals surface area contributed by atoms with Gasteiger partial charge in [0.25, 0.3) is 11.8 Å². The third-order valence-electron chi connectivity index (χ3n) is 5.30. The third kappa shape index (κ3) is 5.23. The van der Waals surface area contributed by atoms with Gasteiger partial charge in [0.15, 0.2) is 6.61 Å². The molecule has 144 valence electrons. The molecule has 1 aromatic rings. The first-order chi connectivity index (χ1) is 12.2. The van der Waals surface area contributed by atoms with Crippen molar-refractivity contribution in [1.82, 2.24) is 10.2 Å². The van der Waals surface area contributed by atoms with Crippen molar-refractivity contribution in [3.8, 4) is 5.75 Å². The molecular weight excluding hydrogens is 328 g/mol. The molecule has 1 heterocycles. The van der Waals surface area contributed by atoms with Crippen LogP contribution in [-0.2, 0) is 4.79 Å². The molecule has 1 aliphatic rings. The van der Waals surface area contributed by atoms with E-state index in [2.05, 4.69) is 19.2 Å². The zero-order chi connectivity index (χ0) is 19.3. The number of benzene rings is 1. The summed E-state index contributed by atoms with van der Waals surface area (Å²) >= 11 is 0. The van der Waals surface area contributed by atoms with Gasteiger partial charge >= 0.3 is 0 Å². The number of piperidine rings is 1. The molecule has 2 amide bonds. The summed E-state index contributed by atoms with van der Waals surface area (Å²) in [4.78, 5) is 26.7. The molecule has 2 unspecified atom stereocenters. The van der Waals surface area contributed by atoms with Crippen molar-refractivity contribution in [2.24, 2.45) is 0 Å². The van der Waals surface area contributed by atoms with E-state index in [-0.39, 0.29) is 36.0 Å². The topological polar surface area (TPSA) is 58.6 Å². The lowest BCUT2D eigenvalue weighted by Crippen LogP contribution is -2.49. The van der Waals surface area contributed by atoms with Crippen LogP contribution in [-0.4, -0.2) is 40.9 Å². The molecule has 5 heteroatoms. The number of hydrogen-bond acceptors (Lipinski definition) is 3. The van der Waals surface area contributed by atoms with E-state index >= 15 is 0 Å². The van der Waals surface area contributed by atoms with Crippen molar-refractivity contribution in [2.75, 3.05) is 6.61 Å². The van der Waals surface area contributed by atoms with Crippen LogP contribution in [0, 0.1) is 0 Å². The number of amides is 2. The molecule has 0 saturated carbocycles. The molecule has 1 saturated heterocycles. The van der Waals surface area contributed by atoms with Gasteiger partial charge < -0.3 is 15.0 Å². The number of hydrogen-bond donors (Lipinski definition) is 1. The number of nitrogens with one attached hydrogen (secondary N) is 1. The normalized spacial score (nSPS) is 20.6. The molecule has 0 spiro atoms. The lowest BCUT2D eigenvalue weighted by molar-refractivity contribution is -0.139. The summed E-state index contributed by atoms with van der Waals surface area (Å²) in [5.41, 5.74) is 0.351. The van der Waals surface area contributed by atoms with Gasteiger partial charge in [0.05, 0.1) is 0 Å². The molecule has 0 bridgehead atoms. The summed E-state index contributed by atoms with van der Waals surface area (Å²) in [6.45, 7) is 10.3. The fraction of sp³-hybridized carbons (Fsp3) is 0.619. The number of rotatable bonds is 6. The Kier molecular flexibility index (Phi) is 6.68. The maximum absolute atomic E-state index is 12.5. The Morgan fingerprint density at radius 3 is 2.27 bits per heavy atom. The second-order valence-electron chi connectivity index (χ2n) is 7.93. The van der Waals surface area contributed by atoms with Gasteiger partial charge in [-0.1, -0.05) is 6.92 Å². The fourth-order valence-corrected chi connectivity index (χ4v) is 3.30. The Morgan fingerprint density at radius 1 is 1.15 bits per heavy atom. The molecule has 1 aromatic carbocycles.